The Bertz CT molecular complexity index is 288. The Morgan fingerprint density at radius 2 is 2.23 bits per heavy atom. The van der Waals surface area contributed by atoms with Crippen molar-refractivity contribution in [1.82, 2.24) is 5.32 Å². The molecule has 1 aromatic carbocycles. The average Bonchev–Trinajstić information content (AvgIpc) is 2.09. The van der Waals surface area contributed by atoms with Crippen molar-refractivity contribution < 1.29 is 4.39 Å². The molecule has 0 amide bonds. The van der Waals surface area contributed by atoms with E-state index in [2.05, 4.69) is 21.2 Å². The summed E-state index contributed by atoms with van der Waals surface area (Å²) in [6.07, 6.45) is 0. The Kier molecular flexibility index (Phi) is 3.88. The molecule has 3 heteroatoms. The molecule has 0 heterocycles. The van der Waals surface area contributed by atoms with Gasteiger partial charge in [0.25, 0.3) is 0 Å². The fourth-order valence-electron chi connectivity index (χ4n) is 1.26. The van der Waals surface area contributed by atoms with Crippen LogP contribution in [0.2, 0.25) is 0 Å². The van der Waals surface area contributed by atoms with E-state index in [1.54, 1.807) is 12.1 Å². The lowest BCUT2D eigenvalue weighted by Gasteiger charge is -2.14. The Morgan fingerprint density at radius 1 is 1.54 bits per heavy atom. The third-order valence-electron chi connectivity index (χ3n) is 1.93. The lowest BCUT2D eigenvalue weighted by molar-refractivity contribution is 0.581. The van der Waals surface area contributed by atoms with Gasteiger partial charge in [0.1, 0.15) is 5.82 Å². The molecule has 0 radical (unpaired) electrons. The number of benzene rings is 1. The zero-order chi connectivity index (χ0) is 9.84. The lowest BCUT2D eigenvalue weighted by atomic mass is 10.1. The predicted octanol–water partition coefficient (Wildman–Crippen LogP) is 3.26. The summed E-state index contributed by atoms with van der Waals surface area (Å²) in [5.41, 5.74) is 0.960. The molecule has 0 spiro atoms. The normalized spacial score (nSPS) is 12.9. The molecule has 0 saturated heterocycles. The summed E-state index contributed by atoms with van der Waals surface area (Å²) in [6.45, 7) is 4.93. The highest BCUT2D eigenvalue weighted by atomic mass is 79.9. The van der Waals surface area contributed by atoms with Crippen molar-refractivity contribution in [2.24, 2.45) is 0 Å². The number of rotatable bonds is 3. The van der Waals surface area contributed by atoms with E-state index in [9.17, 15) is 4.39 Å². The topological polar surface area (TPSA) is 12.0 Å². The quantitative estimate of drug-likeness (QED) is 0.863. The van der Waals surface area contributed by atoms with Gasteiger partial charge in [0, 0.05) is 10.5 Å². The summed E-state index contributed by atoms with van der Waals surface area (Å²) >= 11 is 3.39. The third-order valence-corrected chi connectivity index (χ3v) is 2.66. The minimum Gasteiger partial charge on any atom is -0.310 e. The highest BCUT2D eigenvalue weighted by Crippen LogP contribution is 2.23. The van der Waals surface area contributed by atoms with Gasteiger partial charge in [-0.1, -0.05) is 22.9 Å². The maximum Gasteiger partial charge on any atom is 0.123 e. The minimum atomic E-state index is -0.192. The van der Waals surface area contributed by atoms with Gasteiger partial charge in [-0.05, 0) is 37.2 Å². The first kappa shape index (κ1) is 10.7. The molecule has 0 bridgehead atoms. The molecule has 1 N–H and O–H groups in total. The monoisotopic (exact) mass is 245 g/mol. The fourth-order valence-corrected chi connectivity index (χ4v) is 1.85. The van der Waals surface area contributed by atoms with E-state index in [-0.39, 0.29) is 11.9 Å². The SMILES string of the molecule is CCNC(C)c1cc(F)ccc1Br. The first-order valence-electron chi connectivity index (χ1n) is 4.33. The van der Waals surface area contributed by atoms with Crippen molar-refractivity contribution in [2.45, 2.75) is 19.9 Å². The molecule has 0 aromatic heterocycles. The fraction of sp³-hybridized carbons (Fsp3) is 0.400. The highest BCUT2D eigenvalue weighted by Gasteiger charge is 2.08. The minimum absolute atomic E-state index is 0.176. The van der Waals surface area contributed by atoms with Gasteiger partial charge in [0.15, 0.2) is 0 Å². The van der Waals surface area contributed by atoms with E-state index in [0.29, 0.717) is 0 Å². The van der Waals surface area contributed by atoms with Crippen LogP contribution in [0.3, 0.4) is 0 Å². The van der Waals surface area contributed by atoms with Crippen molar-refractivity contribution >= 4 is 15.9 Å². The molecule has 1 nitrogen and oxygen atoms in total. The van der Waals surface area contributed by atoms with Gasteiger partial charge >= 0.3 is 0 Å². The van der Waals surface area contributed by atoms with Gasteiger partial charge in [-0.15, -0.1) is 0 Å². The van der Waals surface area contributed by atoms with E-state index in [1.165, 1.54) is 6.07 Å². The summed E-state index contributed by atoms with van der Waals surface area (Å²) in [6, 6.07) is 4.91. The molecule has 0 saturated carbocycles. The van der Waals surface area contributed by atoms with E-state index in [1.807, 2.05) is 13.8 Å². The highest BCUT2D eigenvalue weighted by molar-refractivity contribution is 9.10. The molecule has 72 valence electrons. The lowest BCUT2D eigenvalue weighted by Crippen LogP contribution is -2.18. The Hall–Kier alpha value is -0.410. The zero-order valence-electron chi connectivity index (χ0n) is 7.77. The predicted molar refractivity (Wildman–Crippen MR) is 56.2 cm³/mol. The average molecular weight is 246 g/mol. The smallest absolute Gasteiger partial charge is 0.123 e. The van der Waals surface area contributed by atoms with Gasteiger partial charge in [0.05, 0.1) is 0 Å². The first-order valence-corrected chi connectivity index (χ1v) is 5.12. The zero-order valence-corrected chi connectivity index (χ0v) is 9.36. The van der Waals surface area contributed by atoms with E-state index < -0.39 is 0 Å². The summed E-state index contributed by atoms with van der Waals surface area (Å²) in [4.78, 5) is 0. The number of hydrogen-bond donors (Lipinski definition) is 1. The van der Waals surface area contributed by atoms with Crippen molar-refractivity contribution in [3.05, 3.63) is 34.1 Å². The molecule has 13 heavy (non-hydrogen) atoms. The molecular formula is C10H13BrFN. The van der Waals surface area contributed by atoms with Gasteiger partial charge in [-0.3, -0.25) is 0 Å². The summed E-state index contributed by atoms with van der Waals surface area (Å²) in [5, 5.41) is 3.23. The summed E-state index contributed by atoms with van der Waals surface area (Å²) < 4.78 is 13.8. The van der Waals surface area contributed by atoms with Crippen molar-refractivity contribution in [3.8, 4) is 0 Å². The number of nitrogens with one attached hydrogen (secondary N) is 1. The van der Waals surface area contributed by atoms with Crippen LogP contribution in [0.25, 0.3) is 0 Å². The molecule has 0 fully saturated rings. The van der Waals surface area contributed by atoms with Crippen LogP contribution in [0.4, 0.5) is 4.39 Å². The standard InChI is InChI=1S/C10H13BrFN/c1-3-13-7(2)9-6-8(12)4-5-10(9)11/h4-7,13H,3H2,1-2H3. The van der Waals surface area contributed by atoms with Crippen LogP contribution in [0, 0.1) is 5.82 Å². The second-order valence-corrected chi connectivity index (χ2v) is 3.80. The van der Waals surface area contributed by atoms with Crippen molar-refractivity contribution in [1.29, 1.82) is 0 Å². The van der Waals surface area contributed by atoms with Gasteiger partial charge < -0.3 is 5.32 Å². The second-order valence-electron chi connectivity index (χ2n) is 2.95. The molecule has 1 rings (SSSR count). The van der Waals surface area contributed by atoms with Crippen LogP contribution in [-0.2, 0) is 0 Å². The number of halogens is 2. The maximum atomic E-state index is 12.9. The van der Waals surface area contributed by atoms with Gasteiger partial charge in [-0.2, -0.15) is 0 Å². The Labute approximate surface area is 86.5 Å². The molecule has 1 aromatic rings. The summed E-state index contributed by atoms with van der Waals surface area (Å²) in [5.74, 6) is -0.192. The van der Waals surface area contributed by atoms with E-state index >= 15 is 0 Å². The molecule has 1 unspecified atom stereocenters. The van der Waals surface area contributed by atoms with Gasteiger partial charge in [0.2, 0.25) is 0 Å². The molecular weight excluding hydrogens is 233 g/mol. The van der Waals surface area contributed by atoms with Gasteiger partial charge in [-0.25, -0.2) is 4.39 Å². The molecule has 0 aliphatic carbocycles. The van der Waals surface area contributed by atoms with Crippen LogP contribution >= 0.6 is 15.9 Å². The van der Waals surface area contributed by atoms with Crippen LogP contribution in [-0.4, -0.2) is 6.54 Å². The van der Waals surface area contributed by atoms with E-state index in [0.717, 1.165) is 16.6 Å². The molecule has 0 aliphatic heterocycles. The van der Waals surface area contributed by atoms with Crippen molar-refractivity contribution in [3.63, 3.8) is 0 Å². The largest absolute Gasteiger partial charge is 0.310 e. The Morgan fingerprint density at radius 3 is 2.85 bits per heavy atom. The molecule has 0 aliphatic rings. The van der Waals surface area contributed by atoms with Crippen LogP contribution < -0.4 is 5.32 Å². The van der Waals surface area contributed by atoms with Crippen LogP contribution in [0.15, 0.2) is 22.7 Å². The maximum absolute atomic E-state index is 12.9. The molecule has 1 atom stereocenters. The second kappa shape index (κ2) is 4.72. The summed E-state index contributed by atoms with van der Waals surface area (Å²) in [7, 11) is 0. The van der Waals surface area contributed by atoms with Crippen molar-refractivity contribution in [2.75, 3.05) is 6.54 Å². The third kappa shape index (κ3) is 2.78. The number of hydrogen-bond acceptors (Lipinski definition) is 1. The first-order chi connectivity index (χ1) is 6.15. The van der Waals surface area contributed by atoms with Crippen LogP contribution in [0.1, 0.15) is 25.5 Å². The van der Waals surface area contributed by atoms with Crippen LogP contribution in [0.5, 0.6) is 0 Å². The van der Waals surface area contributed by atoms with E-state index in [4.69, 9.17) is 0 Å². The Balaban J connectivity index is 2.91.